The van der Waals surface area contributed by atoms with Crippen LogP contribution in [0.1, 0.15) is 61.3 Å². The molecule has 1 heterocycles. The minimum absolute atomic E-state index is 0.0666. The molecule has 0 amide bonds. The molecule has 6 nitrogen and oxygen atoms in total. The Labute approximate surface area is 251 Å². The van der Waals surface area contributed by atoms with E-state index in [1.807, 2.05) is 20.8 Å². The van der Waals surface area contributed by atoms with Crippen molar-refractivity contribution in [2.75, 3.05) is 13.7 Å². The summed E-state index contributed by atoms with van der Waals surface area (Å²) in [5.74, 6) is -0.660. The average Bonchev–Trinajstić information content (AvgIpc) is 2.93. The molecule has 1 atom stereocenters. The Hall–Kier alpha value is -2.67. The molecule has 230 valence electrons. The molecular weight excluding hydrogens is 644 g/mol. The fourth-order valence-electron chi connectivity index (χ4n) is 4.35. The summed E-state index contributed by atoms with van der Waals surface area (Å²) in [4.78, 5) is -0.0666. The number of benzene rings is 3. The molecule has 1 aliphatic heterocycles. The van der Waals surface area contributed by atoms with Crippen LogP contribution in [0, 0.1) is 12.7 Å². The zero-order valence-corrected chi connectivity index (χ0v) is 26.0. The van der Waals surface area contributed by atoms with E-state index in [9.17, 15) is 21.6 Å². The van der Waals surface area contributed by atoms with Gasteiger partial charge in [0.25, 0.3) is 10.1 Å². The van der Waals surface area contributed by atoms with Crippen LogP contribution in [0.5, 0.6) is 11.5 Å². The monoisotopic (exact) mass is 676 g/mol. The Balaban J connectivity index is 0.000000369. The lowest BCUT2D eigenvalue weighted by molar-refractivity contribution is -0.137. The average molecular weight is 678 g/mol. The third-order valence-electron chi connectivity index (χ3n) is 6.60. The van der Waals surface area contributed by atoms with Gasteiger partial charge in [-0.1, -0.05) is 53.5 Å². The summed E-state index contributed by atoms with van der Waals surface area (Å²) < 4.78 is 102. The van der Waals surface area contributed by atoms with E-state index >= 15 is 4.39 Å². The molecular formula is C30H33BrF4O6S. The molecule has 1 aliphatic rings. The quantitative estimate of drug-likeness (QED) is 0.153. The van der Waals surface area contributed by atoms with E-state index in [4.69, 9.17) is 18.8 Å². The van der Waals surface area contributed by atoms with Crippen LogP contribution < -0.4 is 9.47 Å². The summed E-state index contributed by atoms with van der Waals surface area (Å²) in [5, 5.41) is 0.186. The molecule has 0 radical (unpaired) electrons. The van der Waals surface area contributed by atoms with Gasteiger partial charge >= 0.3 is 6.18 Å². The van der Waals surface area contributed by atoms with Gasteiger partial charge in [0, 0.05) is 17.3 Å². The summed E-state index contributed by atoms with van der Waals surface area (Å²) in [5.41, 5.74) is 2.00. The predicted molar refractivity (Wildman–Crippen MR) is 155 cm³/mol. The second-order valence-corrected chi connectivity index (χ2v) is 12.0. The van der Waals surface area contributed by atoms with Crippen LogP contribution in [-0.2, 0) is 26.4 Å². The van der Waals surface area contributed by atoms with E-state index in [1.54, 1.807) is 18.2 Å². The number of ether oxygens (including phenoxy) is 3. The highest BCUT2D eigenvalue weighted by atomic mass is 79.9. The van der Waals surface area contributed by atoms with E-state index < -0.39 is 34.0 Å². The zero-order chi connectivity index (χ0) is 31.2. The maximum absolute atomic E-state index is 15.4. The number of hydrogen-bond acceptors (Lipinski definition) is 5. The molecule has 3 aromatic carbocycles. The van der Waals surface area contributed by atoms with E-state index in [0.29, 0.717) is 35.3 Å². The second-order valence-electron chi connectivity index (χ2n) is 10.0. The van der Waals surface area contributed by atoms with Crippen molar-refractivity contribution in [1.29, 1.82) is 0 Å². The number of halogens is 5. The lowest BCUT2D eigenvalue weighted by Crippen LogP contribution is -2.26. The van der Waals surface area contributed by atoms with Crippen LogP contribution in [-0.4, -0.2) is 33.0 Å². The van der Waals surface area contributed by atoms with Crippen LogP contribution in [0.3, 0.4) is 0 Å². The van der Waals surface area contributed by atoms with Crippen LogP contribution in [0.4, 0.5) is 17.6 Å². The number of hydrogen-bond donors (Lipinski definition) is 1. The number of alkyl halides is 4. The van der Waals surface area contributed by atoms with Crippen LogP contribution in [0.2, 0.25) is 0 Å². The lowest BCUT2D eigenvalue weighted by Gasteiger charge is -2.27. The standard InChI is InChI=1S/C23H25BrF4O3.C7H8O3S/c1-13(2)17-11-18(16-8-7-15(23(26,27)28)10-14(16)12-24)21(29-3)22(20(17)25)31-19-6-4-5-9-30-19;1-6-2-4-7(5-3-6)11(8,9)10/h7-8,10-11,13,19H,4-6,9,12H2,1-3H3;2-5H,1H3,(H,8,9,10). The Morgan fingerprint density at radius 2 is 1.71 bits per heavy atom. The van der Waals surface area contributed by atoms with Crippen molar-refractivity contribution < 1.29 is 44.7 Å². The molecule has 0 aromatic heterocycles. The van der Waals surface area contributed by atoms with Crippen LogP contribution in [0.15, 0.2) is 53.4 Å². The molecule has 3 aromatic rings. The van der Waals surface area contributed by atoms with Crippen molar-refractivity contribution in [2.24, 2.45) is 0 Å². The van der Waals surface area contributed by atoms with Gasteiger partial charge in [-0.15, -0.1) is 0 Å². The summed E-state index contributed by atoms with van der Waals surface area (Å²) in [7, 11) is -2.63. The van der Waals surface area contributed by atoms with Crippen molar-refractivity contribution in [3.05, 3.63) is 76.6 Å². The fraction of sp³-hybridized carbons (Fsp3) is 0.400. The highest BCUT2D eigenvalue weighted by Gasteiger charge is 2.32. The normalized spacial score (nSPS) is 15.6. The van der Waals surface area contributed by atoms with Gasteiger partial charge in [0.1, 0.15) is 0 Å². The van der Waals surface area contributed by atoms with Crippen molar-refractivity contribution in [1.82, 2.24) is 0 Å². The molecule has 1 fully saturated rings. The Bertz CT molecular complexity index is 1470. The Morgan fingerprint density at radius 1 is 1.05 bits per heavy atom. The van der Waals surface area contributed by atoms with E-state index in [2.05, 4.69) is 15.9 Å². The lowest BCUT2D eigenvalue weighted by atomic mass is 9.92. The van der Waals surface area contributed by atoms with Crippen molar-refractivity contribution >= 4 is 26.0 Å². The van der Waals surface area contributed by atoms with Gasteiger partial charge in [0.15, 0.2) is 17.9 Å². The highest BCUT2D eigenvalue weighted by molar-refractivity contribution is 9.08. The van der Waals surface area contributed by atoms with E-state index in [1.165, 1.54) is 25.3 Å². The largest absolute Gasteiger partial charge is 0.492 e. The molecule has 0 bridgehead atoms. The van der Waals surface area contributed by atoms with Crippen molar-refractivity contribution in [3.63, 3.8) is 0 Å². The van der Waals surface area contributed by atoms with Crippen LogP contribution in [0.25, 0.3) is 11.1 Å². The maximum Gasteiger partial charge on any atom is 0.416 e. The van der Waals surface area contributed by atoms with Gasteiger partial charge < -0.3 is 14.2 Å². The van der Waals surface area contributed by atoms with E-state index in [0.717, 1.165) is 30.5 Å². The fourth-order valence-corrected chi connectivity index (χ4v) is 5.30. The first-order chi connectivity index (χ1) is 19.7. The first-order valence-electron chi connectivity index (χ1n) is 13.2. The maximum atomic E-state index is 15.4. The topological polar surface area (TPSA) is 82.1 Å². The highest BCUT2D eigenvalue weighted by Crippen LogP contribution is 2.46. The molecule has 0 aliphatic carbocycles. The summed E-state index contributed by atoms with van der Waals surface area (Å²) in [6.07, 6.45) is -2.63. The summed E-state index contributed by atoms with van der Waals surface area (Å²) in [6, 6.07) is 11.1. The van der Waals surface area contributed by atoms with Gasteiger partial charge in [-0.2, -0.15) is 21.6 Å². The Kier molecular flexibility index (Phi) is 11.4. The SMILES string of the molecule is COc1c(-c2ccc(C(F)(F)F)cc2CBr)cc(C(C)C)c(F)c1OC1CCCCO1.Cc1ccc(S(=O)(=O)O)cc1. The molecule has 1 N–H and O–H groups in total. The second kappa shape index (κ2) is 14.2. The zero-order valence-electron chi connectivity index (χ0n) is 23.6. The third kappa shape index (κ3) is 8.46. The first kappa shape index (κ1) is 33.8. The third-order valence-corrected chi connectivity index (χ3v) is 8.07. The molecule has 1 saturated heterocycles. The summed E-state index contributed by atoms with van der Waals surface area (Å²) in [6.45, 7) is 6.05. The number of rotatable bonds is 7. The van der Waals surface area contributed by atoms with E-state index in [-0.39, 0.29) is 27.6 Å². The molecule has 0 saturated carbocycles. The minimum atomic E-state index is -4.46. The first-order valence-corrected chi connectivity index (χ1v) is 15.7. The van der Waals surface area contributed by atoms with Crippen LogP contribution >= 0.6 is 15.9 Å². The Morgan fingerprint density at radius 3 is 2.21 bits per heavy atom. The van der Waals surface area contributed by atoms with Gasteiger partial charge in [-0.3, -0.25) is 4.55 Å². The van der Waals surface area contributed by atoms with Crippen molar-refractivity contribution in [2.45, 2.75) is 68.6 Å². The number of aryl methyl sites for hydroxylation is 1. The molecule has 12 heteroatoms. The smallest absolute Gasteiger partial charge is 0.416 e. The predicted octanol–water partition coefficient (Wildman–Crippen LogP) is 8.69. The van der Waals surface area contributed by atoms with Crippen molar-refractivity contribution in [3.8, 4) is 22.6 Å². The minimum Gasteiger partial charge on any atom is -0.492 e. The van der Waals surface area contributed by atoms with Gasteiger partial charge in [-0.05, 0) is 72.7 Å². The number of methoxy groups -OCH3 is 1. The molecule has 4 rings (SSSR count). The molecule has 1 unspecified atom stereocenters. The van der Waals surface area contributed by atoms with Gasteiger partial charge in [0.05, 0.1) is 24.2 Å². The van der Waals surface area contributed by atoms with Gasteiger partial charge in [-0.25, -0.2) is 4.39 Å². The molecule has 0 spiro atoms. The van der Waals surface area contributed by atoms with Gasteiger partial charge in [0.2, 0.25) is 5.75 Å². The molecule has 42 heavy (non-hydrogen) atoms. The summed E-state index contributed by atoms with van der Waals surface area (Å²) >= 11 is 3.28.